The summed E-state index contributed by atoms with van der Waals surface area (Å²) < 4.78 is 10.7. The number of amides is 1. The molecule has 7 heteroatoms. The van der Waals surface area contributed by atoms with Crippen LogP contribution in [0.4, 0.5) is 5.82 Å². The van der Waals surface area contributed by atoms with E-state index in [2.05, 4.69) is 20.8 Å². The smallest absolute Gasteiger partial charge is 0.231 e. The normalized spacial score (nSPS) is 19.6. The molecule has 2 aliphatic rings. The zero-order valence-electron chi connectivity index (χ0n) is 12.6. The van der Waals surface area contributed by atoms with Gasteiger partial charge in [-0.3, -0.25) is 9.89 Å². The van der Waals surface area contributed by atoms with Crippen molar-refractivity contribution in [3.05, 3.63) is 24.4 Å². The number of rotatable bonds is 3. The molecule has 120 valence electrons. The number of H-pyrrole nitrogens is 1. The first-order valence-electron chi connectivity index (χ1n) is 7.76. The molecule has 1 saturated heterocycles. The van der Waals surface area contributed by atoms with Crippen molar-refractivity contribution in [2.24, 2.45) is 5.92 Å². The number of carbonyl (C=O) groups excluding carboxylic acids is 1. The Bertz CT molecular complexity index is 722. The zero-order valence-corrected chi connectivity index (χ0v) is 12.6. The minimum Gasteiger partial charge on any atom is -0.454 e. The van der Waals surface area contributed by atoms with Crippen LogP contribution in [0.25, 0.3) is 11.1 Å². The monoisotopic (exact) mass is 314 g/mol. The van der Waals surface area contributed by atoms with Gasteiger partial charge in [0.25, 0.3) is 0 Å². The standard InChI is InChI=1S/C16H18N4O3/c21-16(11-2-1-5-17-7-11)19-15-12(8-18-20-15)10-3-4-13-14(6-10)23-9-22-13/h3-4,6,8,11,17H,1-2,5,7,9H2,(H2,18,19,20,21). The summed E-state index contributed by atoms with van der Waals surface area (Å²) in [6.07, 6.45) is 3.63. The fourth-order valence-corrected chi connectivity index (χ4v) is 2.97. The molecule has 0 saturated carbocycles. The number of anilines is 1. The summed E-state index contributed by atoms with van der Waals surface area (Å²) in [4.78, 5) is 12.4. The van der Waals surface area contributed by atoms with Gasteiger partial charge < -0.3 is 20.1 Å². The summed E-state index contributed by atoms with van der Waals surface area (Å²) in [5, 5.41) is 13.1. The Morgan fingerprint density at radius 1 is 1.30 bits per heavy atom. The molecule has 0 radical (unpaired) electrons. The number of nitrogens with zero attached hydrogens (tertiary/aromatic N) is 1. The van der Waals surface area contributed by atoms with E-state index in [1.165, 1.54) is 0 Å². The van der Waals surface area contributed by atoms with Gasteiger partial charge in [-0.05, 0) is 37.1 Å². The first-order valence-corrected chi connectivity index (χ1v) is 7.76. The van der Waals surface area contributed by atoms with Gasteiger partial charge in [0, 0.05) is 12.1 Å². The van der Waals surface area contributed by atoms with Crippen LogP contribution in [0.3, 0.4) is 0 Å². The molecule has 3 heterocycles. The fourth-order valence-electron chi connectivity index (χ4n) is 2.97. The van der Waals surface area contributed by atoms with Crippen molar-refractivity contribution in [3.8, 4) is 22.6 Å². The second-order valence-corrected chi connectivity index (χ2v) is 5.76. The largest absolute Gasteiger partial charge is 0.454 e. The summed E-state index contributed by atoms with van der Waals surface area (Å²) in [6, 6.07) is 5.68. The van der Waals surface area contributed by atoms with Crippen molar-refractivity contribution in [1.29, 1.82) is 0 Å². The Kier molecular flexibility index (Phi) is 3.63. The molecule has 2 aliphatic heterocycles. The summed E-state index contributed by atoms with van der Waals surface area (Å²) in [7, 11) is 0. The van der Waals surface area contributed by atoms with Crippen molar-refractivity contribution < 1.29 is 14.3 Å². The van der Waals surface area contributed by atoms with Gasteiger partial charge in [-0.25, -0.2) is 0 Å². The molecule has 1 atom stereocenters. The third kappa shape index (κ3) is 2.75. The highest BCUT2D eigenvalue weighted by molar-refractivity contribution is 5.95. The Morgan fingerprint density at radius 3 is 3.09 bits per heavy atom. The number of hydrogen-bond donors (Lipinski definition) is 3. The fraction of sp³-hybridized carbons (Fsp3) is 0.375. The molecule has 7 nitrogen and oxygen atoms in total. The van der Waals surface area contributed by atoms with Crippen LogP contribution in [0.1, 0.15) is 12.8 Å². The van der Waals surface area contributed by atoms with Gasteiger partial charge >= 0.3 is 0 Å². The van der Waals surface area contributed by atoms with Crippen LogP contribution in [0.15, 0.2) is 24.4 Å². The first-order chi connectivity index (χ1) is 11.3. The molecular weight excluding hydrogens is 296 g/mol. The number of nitrogens with one attached hydrogen (secondary N) is 3. The molecular formula is C16H18N4O3. The van der Waals surface area contributed by atoms with E-state index in [0.717, 1.165) is 42.8 Å². The van der Waals surface area contributed by atoms with Gasteiger partial charge in [-0.2, -0.15) is 5.10 Å². The second-order valence-electron chi connectivity index (χ2n) is 5.76. The minimum absolute atomic E-state index is 0.00310. The Hall–Kier alpha value is -2.54. The first kappa shape index (κ1) is 14.1. The van der Waals surface area contributed by atoms with Gasteiger partial charge in [0.05, 0.1) is 12.1 Å². The number of fused-ring (bicyclic) bond motifs is 1. The lowest BCUT2D eigenvalue weighted by molar-refractivity contribution is -0.120. The summed E-state index contributed by atoms with van der Waals surface area (Å²) in [6.45, 7) is 1.94. The van der Waals surface area contributed by atoms with Gasteiger partial charge in [-0.15, -0.1) is 0 Å². The van der Waals surface area contributed by atoms with E-state index in [-0.39, 0.29) is 18.6 Å². The van der Waals surface area contributed by atoms with Crippen LogP contribution in [-0.2, 0) is 4.79 Å². The molecule has 1 amide bonds. The number of hydrogen-bond acceptors (Lipinski definition) is 5. The number of piperidine rings is 1. The third-order valence-electron chi connectivity index (χ3n) is 4.24. The van der Waals surface area contributed by atoms with E-state index >= 15 is 0 Å². The van der Waals surface area contributed by atoms with E-state index in [9.17, 15) is 4.79 Å². The highest BCUT2D eigenvalue weighted by atomic mass is 16.7. The molecule has 23 heavy (non-hydrogen) atoms. The van der Waals surface area contributed by atoms with Crippen LogP contribution in [0.5, 0.6) is 11.5 Å². The van der Waals surface area contributed by atoms with Gasteiger partial charge in [-0.1, -0.05) is 6.07 Å². The second kappa shape index (κ2) is 5.92. The summed E-state index contributed by atoms with van der Waals surface area (Å²) >= 11 is 0. The maximum atomic E-state index is 12.4. The number of aromatic nitrogens is 2. The highest BCUT2D eigenvalue weighted by Crippen LogP contribution is 2.37. The van der Waals surface area contributed by atoms with Crippen molar-refractivity contribution in [1.82, 2.24) is 15.5 Å². The predicted octanol–water partition coefficient (Wildman–Crippen LogP) is 1.74. The van der Waals surface area contributed by atoms with Gasteiger partial charge in [0.2, 0.25) is 12.7 Å². The van der Waals surface area contributed by atoms with E-state index in [1.54, 1.807) is 6.20 Å². The average molecular weight is 314 g/mol. The molecule has 1 aromatic carbocycles. The molecule has 0 aliphatic carbocycles. The zero-order chi connectivity index (χ0) is 15.6. The molecule has 1 unspecified atom stereocenters. The van der Waals surface area contributed by atoms with Gasteiger partial charge in [0.15, 0.2) is 11.5 Å². The van der Waals surface area contributed by atoms with E-state index in [1.807, 2.05) is 18.2 Å². The van der Waals surface area contributed by atoms with E-state index < -0.39 is 0 Å². The number of aromatic amines is 1. The summed E-state index contributed by atoms with van der Waals surface area (Å²) in [5.74, 6) is 2.06. The third-order valence-corrected chi connectivity index (χ3v) is 4.24. The molecule has 1 aromatic heterocycles. The number of benzene rings is 1. The Morgan fingerprint density at radius 2 is 2.22 bits per heavy atom. The van der Waals surface area contributed by atoms with Gasteiger partial charge in [0.1, 0.15) is 5.82 Å². The van der Waals surface area contributed by atoms with Crippen molar-refractivity contribution in [3.63, 3.8) is 0 Å². The lowest BCUT2D eigenvalue weighted by Crippen LogP contribution is -2.37. The quantitative estimate of drug-likeness (QED) is 0.803. The topological polar surface area (TPSA) is 88.3 Å². The molecule has 4 rings (SSSR count). The summed E-state index contributed by atoms with van der Waals surface area (Å²) in [5.41, 5.74) is 1.75. The van der Waals surface area contributed by atoms with Crippen LogP contribution < -0.4 is 20.1 Å². The number of carbonyl (C=O) groups is 1. The van der Waals surface area contributed by atoms with Crippen LogP contribution in [0.2, 0.25) is 0 Å². The van der Waals surface area contributed by atoms with Crippen molar-refractivity contribution in [2.45, 2.75) is 12.8 Å². The van der Waals surface area contributed by atoms with Crippen LogP contribution >= 0.6 is 0 Å². The molecule has 3 N–H and O–H groups in total. The maximum absolute atomic E-state index is 12.4. The van der Waals surface area contributed by atoms with E-state index in [4.69, 9.17) is 9.47 Å². The SMILES string of the molecule is O=C(Nc1[nH]ncc1-c1ccc2c(c1)OCO2)C1CCCNC1. The lowest BCUT2D eigenvalue weighted by Gasteiger charge is -2.21. The minimum atomic E-state index is -0.00310. The lowest BCUT2D eigenvalue weighted by atomic mass is 9.98. The Balaban J connectivity index is 1.55. The van der Waals surface area contributed by atoms with E-state index in [0.29, 0.717) is 11.6 Å². The highest BCUT2D eigenvalue weighted by Gasteiger charge is 2.23. The van der Waals surface area contributed by atoms with Crippen molar-refractivity contribution in [2.75, 3.05) is 25.2 Å². The van der Waals surface area contributed by atoms with Crippen LogP contribution in [0, 0.1) is 5.92 Å². The molecule has 2 aromatic rings. The van der Waals surface area contributed by atoms with Crippen molar-refractivity contribution >= 4 is 11.7 Å². The number of ether oxygens (including phenoxy) is 2. The molecule has 0 spiro atoms. The Labute approximate surface area is 133 Å². The maximum Gasteiger partial charge on any atom is 0.231 e. The average Bonchev–Trinajstić information content (AvgIpc) is 3.23. The van der Waals surface area contributed by atoms with Crippen LogP contribution in [-0.4, -0.2) is 36.0 Å². The predicted molar refractivity (Wildman–Crippen MR) is 84.4 cm³/mol. The molecule has 1 fully saturated rings. The molecule has 0 bridgehead atoms.